The molecular formula is C16H30NO6+. The number of hydrogen-bond acceptors (Lipinski definition) is 6. The van der Waals surface area contributed by atoms with Crippen LogP contribution in [-0.4, -0.2) is 68.4 Å². The van der Waals surface area contributed by atoms with Crippen LogP contribution in [0.1, 0.15) is 40.5 Å². The number of unbranched alkanes of at least 4 members (excludes halogenated alkanes) is 1. The Balaban J connectivity index is 5.27. The van der Waals surface area contributed by atoms with Gasteiger partial charge in [-0.2, -0.15) is 0 Å². The van der Waals surface area contributed by atoms with E-state index in [1.54, 1.807) is 20.8 Å². The number of nitrogens with zero attached hydrogens (tertiary/aromatic N) is 1. The molecule has 23 heavy (non-hydrogen) atoms. The molecule has 0 rings (SSSR count). The monoisotopic (exact) mass is 332 g/mol. The second-order valence-electron chi connectivity index (χ2n) is 5.31. The van der Waals surface area contributed by atoms with Gasteiger partial charge in [0.2, 0.25) is 0 Å². The molecule has 0 fully saturated rings. The summed E-state index contributed by atoms with van der Waals surface area (Å²) in [6.07, 6.45) is 1.66. The normalized spacial score (nSPS) is 11.0. The van der Waals surface area contributed by atoms with Crippen LogP contribution in [-0.2, 0) is 28.6 Å². The van der Waals surface area contributed by atoms with Gasteiger partial charge in [0, 0.05) is 0 Å². The first-order valence-electron chi connectivity index (χ1n) is 8.24. The van der Waals surface area contributed by atoms with E-state index in [9.17, 15) is 14.4 Å². The molecule has 0 bridgehead atoms. The van der Waals surface area contributed by atoms with Gasteiger partial charge in [0.25, 0.3) is 0 Å². The topological polar surface area (TPSA) is 78.9 Å². The second kappa shape index (κ2) is 11.9. The number of quaternary nitrogens is 1. The molecule has 0 saturated carbocycles. The first kappa shape index (κ1) is 21.4. The van der Waals surface area contributed by atoms with E-state index in [0.717, 1.165) is 12.8 Å². The van der Waals surface area contributed by atoms with Gasteiger partial charge < -0.3 is 14.2 Å². The summed E-state index contributed by atoms with van der Waals surface area (Å²) in [7, 11) is 0. The van der Waals surface area contributed by atoms with Crippen molar-refractivity contribution in [2.45, 2.75) is 40.5 Å². The number of esters is 3. The largest absolute Gasteiger partial charge is 0.462 e. The SMILES string of the molecule is CCCC[N+](CC(=O)OCC)(CC(=O)OCC)CC(=O)OCC. The molecule has 0 aromatic heterocycles. The van der Waals surface area contributed by atoms with Crippen LogP contribution in [0.3, 0.4) is 0 Å². The van der Waals surface area contributed by atoms with Gasteiger partial charge in [-0.15, -0.1) is 0 Å². The lowest BCUT2D eigenvalue weighted by atomic mass is 10.2. The van der Waals surface area contributed by atoms with Crippen LogP contribution in [0.5, 0.6) is 0 Å². The highest BCUT2D eigenvalue weighted by atomic mass is 16.5. The highest BCUT2D eigenvalue weighted by molar-refractivity contribution is 5.75. The second-order valence-corrected chi connectivity index (χ2v) is 5.31. The molecule has 7 nitrogen and oxygen atoms in total. The van der Waals surface area contributed by atoms with Crippen molar-refractivity contribution in [2.75, 3.05) is 46.0 Å². The van der Waals surface area contributed by atoms with Crippen molar-refractivity contribution in [1.82, 2.24) is 0 Å². The van der Waals surface area contributed by atoms with Crippen molar-refractivity contribution in [3.05, 3.63) is 0 Å². The van der Waals surface area contributed by atoms with E-state index in [4.69, 9.17) is 14.2 Å². The highest BCUT2D eigenvalue weighted by Crippen LogP contribution is 2.12. The van der Waals surface area contributed by atoms with E-state index in [0.29, 0.717) is 6.54 Å². The van der Waals surface area contributed by atoms with E-state index < -0.39 is 17.9 Å². The third-order valence-electron chi connectivity index (χ3n) is 3.30. The minimum atomic E-state index is -0.433. The van der Waals surface area contributed by atoms with Crippen molar-refractivity contribution in [2.24, 2.45) is 0 Å². The molecule has 134 valence electrons. The van der Waals surface area contributed by atoms with Crippen molar-refractivity contribution in [3.63, 3.8) is 0 Å². The summed E-state index contributed by atoms with van der Waals surface area (Å²) < 4.78 is 15.0. The van der Waals surface area contributed by atoms with Crippen LogP contribution in [0.25, 0.3) is 0 Å². The van der Waals surface area contributed by atoms with Crippen LogP contribution in [0, 0.1) is 0 Å². The van der Waals surface area contributed by atoms with Gasteiger partial charge in [0.15, 0.2) is 19.6 Å². The lowest BCUT2D eigenvalue weighted by Crippen LogP contribution is -2.57. The Bertz CT molecular complexity index is 332. The molecule has 0 amide bonds. The number of carbonyl (C=O) groups is 3. The average Bonchev–Trinajstić information content (AvgIpc) is 2.45. The zero-order valence-corrected chi connectivity index (χ0v) is 14.8. The van der Waals surface area contributed by atoms with Gasteiger partial charge >= 0.3 is 17.9 Å². The van der Waals surface area contributed by atoms with Crippen molar-refractivity contribution >= 4 is 17.9 Å². The van der Waals surface area contributed by atoms with E-state index in [1.165, 1.54) is 0 Å². The van der Waals surface area contributed by atoms with Gasteiger partial charge in [0.1, 0.15) is 0 Å². The lowest BCUT2D eigenvalue weighted by molar-refractivity contribution is -0.907. The van der Waals surface area contributed by atoms with E-state index in [1.807, 2.05) is 6.92 Å². The Morgan fingerprint density at radius 2 is 1.04 bits per heavy atom. The fraction of sp³-hybridized carbons (Fsp3) is 0.812. The molecule has 0 aromatic carbocycles. The molecule has 0 aliphatic heterocycles. The molecule has 0 atom stereocenters. The Labute approximate surface area is 138 Å². The quantitative estimate of drug-likeness (QED) is 0.304. The summed E-state index contributed by atoms with van der Waals surface area (Å²) in [5, 5.41) is 0. The molecule has 0 aliphatic carbocycles. The summed E-state index contributed by atoms with van der Waals surface area (Å²) in [5.74, 6) is -1.30. The first-order chi connectivity index (χ1) is 10.9. The van der Waals surface area contributed by atoms with E-state index in [2.05, 4.69) is 0 Å². The third-order valence-corrected chi connectivity index (χ3v) is 3.30. The summed E-state index contributed by atoms with van der Waals surface area (Å²) in [6.45, 7) is 8.28. The Kier molecular flexibility index (Phi) is 11.0. The summed E-state index contributed by atoms with van der Waals surface area (Å²) in [4.78, 5) is 35.9. The van der Waals surface area contributed by atoms with E-state index >= 15 is 0 Å². The zero-order valence-electron chi connectivity index (χ0n) is 14.8. The van der Waals surface area contributed by atoms with Crippen molar-refractivity contribution < 1.29 is 33.1 Å². The first-order valence-corrected chi connectivity index (χ1v) is 8.24. The molecule has 0 aromatic rings. The highest BCUT2D eigenvalue weighted by Gasteiger charge is 2.37. The summed E-state index contributed by atoms with van der Waals surface area (Å²) >= 11 is 0. The molecule has 0 unspecified atom stereocenters. The van der Waals surface area contributed by atoms with E-state index in [-0.39, 0.29) is 43.9 Å². The fourth-order valence-electron chi connectivity index (χ4n) is 2.34. The molecule has 7 heteroatoms. The number of carbonyl (C=O) groups excluding carboxylic acids is 3. The number of hydrogen-bond donors (Lipinski definition) is 0. The molecule has 0 radical (unpaired) electrons. The summed E-state index contributed by atoms with van der Waals surface area (Å²) in [5.41, 5.74) is 0. The smallest absolute Gasteiger partial charge is 0.361 e. The average molecular weight is 332 g/mol. The van der Waals surface area contributed by atoms with Gasteiger partial charge in [-0.25, -0.2) is 14.4 Å². The Morgan fingerprint density at radius 3 is 1.30 bits per heavy atom. The van der Waals surface area contributed by atoms with Crippen molar-refractivity contribution in [1.29, 1.82) is 0 Å². The van der Waals surface area contributed by atoms with Crippen LogP contribution >= 0.6 is 0 Å². The van der Waals surface area contributed by atoms with Crippen molar-refractivity contribution in [3.8, 4) is 0 Å². The molecule has 0 saturated heterocycles. The molecule has 0 spiro atoms. The molecule has 0 aliphatic rings. The third kappa shape index (κ3) is 9.18. The van der Waals surface area contributed by atoms with Gasteiger partial charge in [-0.1, -0.05) is 13.3 Å². The zero-order chi connectivity index (χ0) is 17.7. The Hall–Kier alpha value is -1.63. The van der Waals surface area contributed by atoms with Gasteiger partial charge in [0.05, 0.1) is 26.4 Å². The number of rotatable bonds is 12. The van der Waals surface area contributed by atoms with Crippen LogP contribution < -0.4 is 0 Å². The molecule has 0 N–H and O–H groups in total. The van der Waals surface area contributed by atoms with Gasteiger partial charge in [-0.3, -0.25) is 4.48 Å². The maximum Gasteiger partial charge on any atom is 0.361 e. The fourth-order valence-corrected chi connectivity index (χ4v) is 2.34. The Morgan fingerprint density at radius 1 is 0.696 bits per heavy atom. The van der Waals surface area contributed by atoms with Gasteiger partial charge in [-0.05, 0) is 27.2 Å². The maximum atomic E-state index is 12.0. The minimum absolute atomic E-state index is 0.0235. The number of ether oxygens (including phenoxy) is 3. The van der Waals surface area contributed by atoms with Crippen LogP contribution in [0.4, 0.5) is 0 Å². The summed E-state index contributed by atoms with van der Waals surface area (Å²) in [6, 6.07) is 0. The van der Waals surface area contributed by atoms with Crippen LogP contribution in [0.2, 0.25) is 0 Å². The predicted molar refractivity (Wildman–Crippen MR) is 84.5 cm³/mol. The molecule has 0 heterocycles. The molecular weight excluding hydrogens is 302 g/mol. The standard InChI is InChI=1S/C16H30NO6/c1-5-9-10-17(11-14(18)21-6-2,12-15(19)22-7-3)13-16(20)23-8-4/h5-13H2,1-4H3/q+1. The maximum absolute atomic E-state index is 12.0. The van der Waals surface area contributed by atoms with Crippen LogP contribution in [0.15, 0.2) is 0 Å². The minimum Gasteiger partial charge on any atom is -0.462 e. The predicted octanol–water partition coefficient (Wildman–Crippen LogP) is 1.29. The lowest BCUT2D eigenvalue weighted by Gasteiger charge is -2.35.